The summed E-state index contributed by atoms with van der Waals surface area (Å²) in [6, 6.07) is 4.82. The molecule has 156 valence electrons. The van der Waals surface area contributed by atoms with Crippen molar-refractivity contribution in [1.82, 2.24) is 29.9 Å². The highest BCUT2D eigenvalue weighted by atomic mass is 35.5. The van der Waals surface area contributed by atoms with E-state index in [2.05, 4.69) is 31.9 Å². The molecule has 0 amide bonds. The molecule has 1 aliphatic heterocycles. The van der Waals surface area contributed by atoms with Crippen LogP contribution in [0.1, 0.15) is 17.2 Å². The molecule has 0 unspecified atom stereocenters. The number of benzene rings is 1. The Morgan fingerprint density at radius 1 is 1.31 bits per heavy atom. The predicted molar refractivity (Wildman–Crippen MR) is 113 cm³/mol. The van der Waals surface area contributed by atoms with Crippen LogP contribution in [-0.4, -0.2) is 63.2 Å². The number of nitrogens with one attached hydrogen (secondary N) is 1. The lowest BCUT2D eigenvalue weighted by molar-refractivity contribution is 0.171. The highest BCUT2D eigenvalue weighted by Crippen LogP contribution is 2.21. The number of aliphatic imine (C=N–C) groups is 1. The fourth-order valence-corrected chi connectivity index (χ4v) is 3.41. The molecule has 29 heavy (non-hydrogen) atoms. The second-order valence-corrected chi connectivity index (χ2v) is 7.40. The fraction of sp³-hybridized carbons (Fsp3) is 0.450. The number of halogens is 2. The van der Waals surface area contributed by atoms with Gasteiger partial charge in [-0.2, -0.15) is 0 Å². The fourth-order valence-electron chi connectivity index (χ4n) is 3.19. The van der Waals surface area contributed by atoms with Gasteiger partial charge >= 0.3 is 0 Å². The Balaban J connectivity index is 1.63. The third-order valence-electron chi connectivity index (χ3n) is 5.07. The smallest absolute Gasteiger partial charge is 0.194 e. The van der Waals surface area contributed by atoms with Crippen molar-refractivity contribution in [3.05, 3.63) is 58.9 Å². The molecule has 0 spiro atoms. The summed E-state index contributed by atoms with van der Waals surface area (Å²) in [6.45, 7) is 10.4. The highest BCUT2D eigenvalue weighted by Gasteiger charge is 2.21. The van der Waals surface area contributed by atoms with E-state index in [1.807, 2.05) is 18.5 Å². The molecule has 1 aliphatic rings. The number of guanidine groups is 1. The lowest BCUT2D eigenvalue weighted by atomic mass is 10.2. The van der Waals surface area contributed by atoms with Gasteiger partial charge in [-0.25, -0.2) is 9.38 Å². The van der Waals surface area contributed by atoms with E-state index in [4.69, 9.17) is 16.6 Å². The average molecular weight is 420 g/mol. The van der Waals surface area contributed by atoms with Crippen LogP contribution in [0.3, 0.4) is 0 Å². The van der Waals surface area contributed by atoms with Crippen molar-refractivity contribution >= 4 is 17.6 Å². The van der Waals surface area contributed by atoms with Crippen LogP contribution in [-0.2, 0) is 20.1 Å². The number of rotatable bonds is 6. The Bertz CT molecular complexity index is 851. The number of aryl methyl sites for hydroxylation is 1. The lowest BCUT2D eigenvalue weighted by Gasteiger charge is -2.36. The summed E-state index contributed by atoms with van der Waals surface area (Å²) >= 11 is 6.17. The lowest BCUT2D eigenvalue weighted by Crippen LogP contribution is -2.52. The van der Waals surface area contributed by atoms with Crippen LogP contribution in [0.2, 0.25) is 5.02 Å². The summed E-state index contributed by atoms with van der Waals surface area (Å²) in [6.07, 6.45) is 1.80. The first-order valence-electron chi connectivity index (χ1n) is 9.64. The van der Waals surface area contributed by atoms with Gasteiger partial charge in [-0.05, 0) is 19.1 Å². The molecule has 0 atom stereocenters. The molecule has 1 N–H and O–H groups in total. The minimum atomic E-state index is -0.256. The van der Waals surface area contributed by atoms with Gasteiger partial charge in [0.05, 0.1) is 0 Å². The third-order valence-corrected chi connectivity index (χ3v) is 5.43. The van der Waals surface area contributed by atoms with E-state index in [1.165, 1.54) is 6.07 Å². The SMILES string of the molecule is C=CCNC(=NCc1nnc(C)n1C)N1CCN(Cc2c(F)cccc2Cl)CC1. The van der Waals surface area contributed by atoms with E-state index in [0.717, 1.165) is 43.8 Å². The zero-order valence-electron chi connectivity index (χ0n) is 16.9. The highest BCUT2D eigenvalue weighted by molar-refractivity contribution is 6.31. The van der Waals surface area contributed by atoms with E-state index in [0.29, 0.717) is 30.2 Å². The number of aromatic nitrogens is 3. The summed E-state index contributed by atoms with van der Waals surface area (Å²) in [5.74, 6) is 2.23. The van der Waals surface area contributed by atoms with Gasteiger partial charge in [0.1, 0.15) is 18.2 Å². The van der Waals surface area contributed by atoms with Crippen LogP contribution in [0.5, 0.6) is 0 Å². The van der Waals surface area contributed by atoms with E-state index < -0.39 is 0 Å². The number of hydrogen-bond acceptors (Lipinski definition) is 4. The van der Waals surface area contributed by atoms with Crippen LogP contribution in [0.15, 0.2) is 35.8 Å². The van der Waals surface area contributed by atoms with Gasteiger partial charge in [0.15, 0.2) is 11.8 Å². The summed E-state index contributed by atoms with van der Waals surface area (Å²) in [5.41, 5.74) is 0.555. The topological polar surface area (TPSA) is 61.6 Å². The molecular weight excluding hydrogens is 393 g/mol. The van der Waals surface area contributed by atoms with Crippen molar-refractivity contribution in [3.8, 4) is 0 Å². The van der Waals surface area contributed by atoms with Crippen molar-refractivity contribution in [1.29, 1.82) is 0 Å². The third kappa shape index (κ3) is 5.33. The quantitative estimate of drug-likeness (QED) is 0.442. The number of hydrogen-bond donors (Lipinski definition) is 1. The second-order valence-electron chi connectivity index (χ2n) is 7.00. The Morgan fingerprint density at radius 3 is 2.69 bits per heavy atom. The molecule has 1 saturated heterocycles. The van der Waals surface area contributed by atoms with Crippen molar-refractivity contribution < 1.29 is 4.39 Å². The molecule has 0 saturated carbocycles. The zero-order valence-corrected chi connectivity index (χ0v) is 17.7. The summed E-state index contributed by atoms with van der Waals surface area (Å²) in [4.78, 5) is 9.13. The molecular formula is C20H27ClFN7. The Morgan fingerprint density at radius 2 is 2.07 bits per heavy atom. The van der Waals surface area contributed by atoms with Gasteiger partial charge < -0.3 is 14.8 Å². The first kappa shape index (κ1) is 21.3. The van der Waals surface area contributed by atoms with Gasteiger partial charge in [0, 0.05) is 56.9 Å². The maximum atomic E-state index is 14.1. The Hall–Kier alpha value is -2.45. The summed E-state index contributed by atoms with van der Waals surface area (Å²) in [7, 11) is 1.93. The first-order chi connectivity index (χ1) is 14.0. The molecule has 1 fully saturated rings. The maximum Gasteiger partial charge on any atom is 0.194 e. The van der Waals surface area contributed by atoms with Gasteiger partial charge in [-0.3, -0.25) is 4.90 Å². The van der Waals surface area contributed by atoms with Crippen molar-refractivity contribution in [3.63, 3.8) is 0 Å². The minimum absolute atomic E-state index is 0.256. The van der Waals surface area contributed by atoms with Crippen molar-refractivity contribution in [2.75, 3.05) is 32.7 Å². The van der Waals surface area contributed by atoms with Crippen LogP contribution < -0.4 is 5.32 Å². The number of nitrogens with zero attached hydrogens (tertiary/aromatic N) is 6. The van der Waals surface area contributed by atoms with Crippen LogP contribution in [0, 0.1) is 12.7 Å². The second kappa shape index (κ2) is 9.84. The van der Waals surface area contributed by atoms with Gasteiger partial charge in [-0.15, -0.1) is 16.8 Å². The van der Waals surface area contributed by atoms with Crippen LogP contribution in [0.4, 0.5) is 4.39 Å². The summed E-state index contributed by atoms with van der Waals surface area (Å²) < 4.78 is 16.0. The molecule has 0 radical (unpaired) electrons. The first-order valence-corrected chi connectivity index (χ1v) is 10.0. The Labute approximate surface area is 175 Å². The van der Waals surface area contributed by atoms with E-state index >= 15 is 0 Å². The molecule has 9 heteroatoms. The van der Waals surface area contributed by atoms with Crippen LogP contribution >= 0.6 is 11.6 Å². The monoisotopic (exact) mass is 419 g/mol. The largest absolute Gasteiger partial charge is 0.353 e. The average Bonchev–Trinajstić information content (AvgIpc) is 3.04. The molecule has 3 rings (SSSR count). The molecule has 1 aromatic carbocycles. The molecule has 1 aromatic heterocycles. The van der Waals surface area contributed by atoms with E-state index in [9.17, 15) is 4.39 Å². The molecule has 2 aromatic rings. The van der Waals surface area contributed by atoms with E-state index in [1.54, 1.807) is 18.2 Å². The minimum Gasteiger partial charge on any atom is -0.353 e. The van der Waals surface area contributed by atoms with Crippen molar-refractivity contribution in [2.24, 2.45) is 12.0 Å². The van der Waals surface area contributed by atoms with E-state index in [-0.39, 0.29) is 5.82 Å². The van der Waals surface area contributed by atoms with Gasteiger partial charge in [0.25, 0.3) is 0 Å². The molecule has 7 nitrogen and oxygen atoms in total. The molecule has 2 heterocycles. The van der Waals surface area contributed by atoms with Crippen molar-refractivity contribution in [2.45, 2.75) is 20.0 Å². The standard InChI is InChI=1S/C20H27ClFN7/c1-4-8-23-20(24-13-19-26-25-15(2)27(19)3)29-11-9-28(10-12-29)14-16-17(21)6-5-7-18(16)22/h4-7H,1,8-14H2,2-3H3,(H,23,24). The van der Waals surface area contributed by atoms with Crippen LogP contribution in [0.25, 0.3) is 0 Å². The zero-order chi connectivity index (χ0) is 20.8. The maximum absolute atomic E-state index is 14.1. The molecule has 0 aliphatic carbocycles. The summed E-state index contributed by atoms with van der Waals surface area (Å²) in [5, 5.41) is 12.0. The molecule has 0 bridgehead atoms. The predicted octanol–water partition coefficient (Wildman–Crippen LogP) is 2.37. The number of piperazine rings is 1. The Kier molecular flexibility index (Phi) is 7.22. The normalized spacial score (nSPS) is 15.6. The van der Waals surface area contributed by atoms with Gasteiger partial charge in [-0.1, -0.05) is 23.7 Å². The van der Waals surface area contributed by atoms with Gasteiger partial charge in [0.2, 0.25) is 0 Å².